The number of benzene rings is 2. The lowest BCUT2D eigenvalue weighted by molar-refractivity contribution is -0.133. The van der Waals surface area contributed by atoms with Gasteiger partial charge in [0.1, 0.15) is 0 Å². The van der Waals surface area contributed by atoms with Gasteiger partial charge in [-0.1, -0.05) is 0 Å². The Kier molecular flexibility index (Phi) is 5.94. The average Bonchev–Trinajstić information content (AvgIpc) is 2.63. The van der Waals surface area contributed by atoms with Crippen molar-refractivity contribution in [3.63, 3.8) is 0 Å². The monoisotopic (exact) mass is 366 g/mol. The Balaban J connectivity index is 2.15. The second-order valence-electron chi connectivity index (χ2n) is 4.95. The summed E-state index contributed by atoms with van der Waals surface area (Å²) in [6.07, 6.45) is 0. The highest BCUT2D eigenvalue weighted by Gasteiger charge is 2.18. The van der Waals surface area contributed by atoms with E-state index in [-0.39, 0.29) is 22.9 Å². The van der Waals surface area contributed by atoms with Crippen molar-refractivity contribution in [3.05, 3.63) is 42.0 Å². The van der Waals surface area contributed by atoms with Crippen molar-refractivity contribution >= 4 is 23.2 Å². The van der Waals surface area contributed by atoms with Crippen molar-refractivity contribution < 1.29 is 32.6 Å². The smallest absolute Gasteiger partial charge is 0.314 e. The van der Waals surface area contributed by atoms with E-state index in [1.807, 2.05) is 0 Å². The lowest BCUT2D eigenvalue weighted by Crippen LogP contribution is -2.29. The molecule has 2 aromatic carbocycles. The number of rotatable bonds is 5. The van der Waals surface area contributed by atoms with Crippen molar-refractivity contribution in [1.82, 2.24) is 0 Å². The molecule has 138 valence electrons. The summed E-state index contributed by atoms with van der Waals surface area (Å²) < 4.78 is 41.5. The van der Waals surface area contributed by atoms with Gasteiger partial charge in [0.15, 0.2) is 23.1 Å². The van der Waals surface area contributed by atoms with Gasteiger partial charge in [-0.2, -0.15) is 0 Å². The number of methoxy groups -OCH3 is 3. The van der Waals surface area contributed by atoms with Gasteiger partial charge in [-0.25, -0.2) is 8.78 Å². The van der Waals surface area contributed by atoms with Crippen LogP contribution < -0.4 is 24.8 Å². The van der Waals surface area contributed by atoms with Gasteiger partial charge < -0.3 is 24.8 Å². The van der Waals surface area contributed by atoms with Crippen LogP contribution in [0, 0.1) is 11.6 Å². The predicted molar refractivity (Wildman–Crippen MR) is 89.7 cm³/mol. The van der Waals surface area contributed by atoms with Crippen LogP contribution in [0.1, 0.15) is 0 Å². The second-order valence-corrected chi connectivity index (χ2v) is 4.95. The average molecular weight is 366 g/mol. The Bertz CT molecular complexity index is 817. The van der Waals surface area contributed by atoms with E-state index in [2.05, 4.69) is 10.6 Å². The van der Waals surface area contributed by atoms with Crippen LogP contribution in [-0.4, -0.2) is 33.1 Å². The number of hydrogen-bond donors (Lipinski definition) is 2. The largest absolute Gasteiger partial charge is 0.493 e. The molecule has 2 rings (SSSR count). The van der Waals surface area contributed by atoms with Crippen LogP contribution in [0.4, 0.5) is 20.2 Å². The summed E-state index contributed by atoms with van der Waals surface area (Å²) in [5.74, 6) is -3.42. The van der Waals surface area contributed by atoms with Gasteiger partial charge in [0.2, 0.25) is 5.75 Å². The molecule has 0 aliphatic heterocycles. The molecule has 0 saturated heterocycles. The molecule has 0 atom stereocenters. The molecule has 0 spiro atoms. The zero-order chi connectivity index (χ0) is 19.3. The van der Waals surface area contributed by atoms with Gasteiger partial charge in [0.05, 0.1) is 21.3 Å². The summed E-state index contributed by atoms with van der Waals surface area (Å²) in [5.41, 5.74) is 0.152. The SMILES string of the molecule is COc1cc(NC(=O)C(=O)Nc2ccc(F)c(F)c2)cc(OC)c1OC. The molecule has 2 N–H and O–H groups in total. The first-order valence-electron chi connectivity index (χ1n) is 7.27. The molecule has 0 bridgehead atoms. The molecule has 2 aromatic rings. The van der Waals surface area contributed by atoms with Crippen molar-refractivity contribution in [2.24, 2.45) is 0 Å². The number of halogens is 2. The third-order valence-electron chi connectivity index (χ3n) is 3.31. The summed E-state index contributed by atoms with van der Waals surface area (Å²) in [6, 6.07) is 5.60. The van der Waals surface area contributed by atoms with E-state index < -0.39 is 23.4 Å². The van der Waals surface area contributed by atoms with Crippen molar-refractivity contribution in [2.75, 3.05) is 32.0 Å². The van der Waals surface area contributed by atoms with Crippen LogP contribution in [-0.2, 0) is 9.59 Å². The fraction of sp³-hybridized carbons (Fsp3) is 0.176. The van der Waals surface area contributed by atoms with Gasteiger partial charge >= 0.3 is 11.8 Å². The fourth-order valence-corrected chi connectivity index (χ4v) is 2.10. The first kappa shape index (κ1) is 19.0. The minimum atomic E-state index is -1.15. The molecule has 0 heterocycles. The maximum atomic E-state index is 13.1. The van der Waals surface area contributed by atoms with Gasteiger partial charge in [0.25, 0.3) is 0 Å². The normalized spacial score (nSPS) is 10.0. The van der Waals surface area contributed by atoms with Crippen LogP contribution in [0.5, 0.6) is 17.2 Å². The molecule has 0 saturated carbocycles. The van der Waals surface area contributed by atoms with E-state index in [0.29, 0.717) is 5.75 Å². The van der Waals surface area contributed by atoms with Crippen LogP contribution in [0.2, 0.25) is 0 Å². The number of ether oxygens (including phenoxy) is 3. The topological polar surface area (TPSA) is 85.9 Å². The van der Waals surface area contributed by atoms with Crippen LogP contribution in [0.15, 0.2) is 30.3 Å². The molecular weight excluding hydrogens is 350 g/mol. The molecule has 0 aliphatic rings. The maximum absolute atomic E-state index is 13.1. The summed E-state index contributed by atoms with van der Waals surface area (Å²) in [4.78, 5) is 23.9. The molecule has 0 fully saturated rings. The summed E-state index contributed by atoms with van der Waals surface area (Å²) >= 11 is 0. The number of carbonyl (C=O) groups excluding carboxylic acids is 2. The molecule has 2 amide bonds. The third kappa shape index (κ3) is 4.18. The minimum Gasteiger partial charge on any atom is -0.493 e. The first-order valence-corrected chi connectivity index (χ1v) is 7.27. The molecule has 0 radical (unpaired) electrons. The summed E-state index contributed by atoms with van der Waals surface area (Å²) in [6.45, 7) is 0. The standard InChI is InChI=1S/C17H16F2N2O5/c1-24-13-7-10(8-14(25-2)15(13)26-3)21-17(23)16(22)20-9-4-5-11(18)12(19)6-9/h4-8H,1-3H3,(H,20,22)(H,21,23). The van der Waals surface area contributed by atoms with Gasteiger partial charge in [0, 0.05) is 29.6 Å². The predicted octanol–water partition coefficient (Wildman–Crippen LogP) is 2.57. The third-order valence-corrected chi connectivity index (χ3v) is 3.31. The maximum Gasteiger partial charge on any atom is 0.314 e. The number of anilines is 2. The minimum absolute atomic E-state index is 0.0612. The highest BCUT2D eigenvalue weighted by atomic mass is 19.2. The van der Waals surface area contributed by atoms with E-state index in [4.69, 9.17) is 14.2 Å². The summed E-state index contributed by atoms with van der Waals surface area (Å²) in [7, 11) is 4.23. The Labute approximate surface area is 147 Å². The Hall–Kier alpha value is -3.36. The molecule has 0 unspecified atom stereocenters. The quantitative estimate of drug-likeness (QED) is 0.795. The molecule has 9 heteroatoms. The second kappa shape index (κ2) is 8.15. The number of nitrogens with one attached hydrogen (secondary N) is 2. The van der Waals surface area contributed by atoms with E-state index in [1.54, 1.807) is 0 Å². The first-order chi connectivity index (χ1) is 12.4. The number of hydrogen-bond acceptors (Lipinski definition) is 5. The zero-order valence-electron chi connectivity index (χ0n) is 14.2. The van der Waals surface area contributed by atoms with E-state index in [9.17, 15) is 18.4 Å². The number of amides is 2. The van der Waals surface area contributed by atoms with Crippen LogP contribution in [0.3, 0.4) is 0 Å². The van der Waals surface area contributed by atoms with Gasteiger partial charge in [-0.3, -0.25) is 9.59 Å². The van der Waals surface area contributed by atoms with E-state index in [0.717, 1.165) is 18.2 Å². The van der Waals surface area contributed by atoms with Crippen LogP contribution in [0.25, 0.3) is 0 Å². The Morgan fingerprint density at radius 3 is 1.77 bits per heavy atom. The fourth-order valence-electron chi connectivity index (χ4n) is 2.10. The molecule has 0 aromatic heterocycles. The van der Waals surface area contributed by atoms with Gasteiger partial charge in [-0.05, 0) is 12.1 Å². The van der Waals surface area contributed by atoms with Crippen molar-refractivity contribution in [2.45, 2.75) is 0 Å². The Morgan fingerprint density at radius 2 is 1.31 bits per heavy atom. The lowest BCUT2D eigenvalue weighted by Gasteiger charge is -2.14. The van der Waals surface area contributed by atoms with E-state index in [1.165, 1.54) is 33.5 Å². The van der Waals surface area contributed by atoms with Crippen LogP contribution >= 0.6 is 0 Å². The molecule has 0 aliphatic carbocycles. The molecular formula is C17H16F2N2O5. The van der Waals surface area contributed by atoms with Crippen molar-refractivity contribution in [1.29, 1.82) is 0 Å². The highest BCUT2D eigenvalue weighted by molar-refractivity contribution is 6.43. The highest BCUT2D eigenvalue weighted by Crippen LogP contribution is 2.39. The lowest BCUT2D eigenvalue weighted by atomic mass is 10.2. The molecule has 7 nitrogen and oxygen atoms in total. The summed E-state index contributed by atoms with van der Waals surface area (Å²) in [5, 5.41) is 4.52. The van der Waals surface area contributed by atoms with E-state index >= 15 is 0 Å². The Morgan fingerprint density at radius 1 is 0.769 bits per heavy atom. The van der Waals surface area contributed by atoms with Gasteiger partial charge in [-0.15, -0.1) is 0 Å². The van der Waals surface area contributed by atoms with Crippen molar-refractivity contribution in [3.8, 4) is 17.2 Å². The zero-order valence-corrected chi connectivity index (χ0v) is 14.2. The molecule has 26 heavy (non-hydrogen) atoms. The number of carbonyl (C=O) groups is 2.